The third-order valence-corrected chi connectivity index (χ3v) is 4.88. The summed E-state index contributed by atoms with van der Waals surface area (Å²) in [5.41, 5.74) is 3.15. The van der Waals surface area contributed by atoms with E-state index >= 15 is 0 Å². The number of anilines is 1. The zero-order chi connectivity index (χ0) is 19.1. The van der Waals surface area contributed by atoms with Crippen LogP contribution in [0.1, 0.15) is 31.0 Å². The van der Waals surface area contributed by atoms with Crippen molar-refractivity contribution in [2.24, 2.45) is 0 Å². The summed E-state index contributed by atoms with van der Waals surface area (Å²) < 4.78 is 13.3. The predicted octanol–water partition coefficient (Wildman–Crippen LogP) is 5.16. The van der Waals surface area contributed by atoms with Gasteiger partial charge in [-0.05, 0) is 56.0 Å². The molecule has 0 aliphatic heterocycles. The van der Waals surface area contributed by atoms with Crippen LogP contribution < -0.4 is 10.6 Å². The maximum Gasteiger partial charge on any atom is 0.170 e. The first kappa shape index (κ1) is 20.6. The molecule has 1 atom stereocenters. The minimum Gasteiger partial charge on any atom is -0.361 e. The van der Waals surface area contributed by atoms with Crippen LogP contribution in [-0.4, -0.2) is 29.6 Å². The summed E-state index contributed by atoms with van der Waals surface area (Å²) in [7, 11) is 0. The Morgan fingerprint density at radius 2 is 1.81 bits per heavy atom. The second-order valence-corrected chi connectivity index (χ2v) is 6.93. The third kappa shape index (κ3) is 5.66. The zero-order valence-corrected chi connectivity index (χ0v) is 16.9. The van der Waals surface area contributed by atoms with Crippen molar-refractivity contribution in [1.82, 2.24) is 10.2 Å². The van der Waals surface area contributed by atoms with Gasteiger partial charge in [-0.3, -0.25) is 4.90 Å². The van der Waals surface area contributed by atoms with Crippen molar-refractivity contribution in [3.8, 4) is 0 Å². The molecule has 0 saturated carbocycles. The molecule has 0 heterocycles. The van der Waals surface area contributed by atoms with E-state index in [1.165, 1.54) is 23.3 Å². The molecule has 1 unspecified atom stereocenters. The quantitative estimate of drug-likeness (QED) is 0.635. The van der Waals surface area contributed by atoms with Gasteiger partial charge >= 0.3 is 0 Å². The molecule has 0 amide bonds. The number of halogens is 2. The molecule has 0 saturated heterocycles. The molecule has 2 aromatic rings. The van der Waals surface area contributed by atoms with E-state index in [9.17, 15) is 4.39 Å². The lowest BCUT2D eigenvalue weighted by molar-refractivity contribution is 0.219. The highest BCUT2D eigenvalue weighted by atomic mass is 35.5. The highest BCUT2D eigenvalue weighted by Crippen LogP contribution is 2.21. The summed E-state index contributed by atoms with van der Waals surface area (Å²) in [5, 5.41) is 6.87. The van der Waals surface area contributed by atoms with Crippen molar-refractivity contribution in [3.05, 3.63) is 64.4 Å². The van der Waals surface area contributed by atoms with Gasteiger partial charge in [0.15, 0.2) is 5.11 Å². The van der Waals surface area contributed by atoms with Crippen molar-refractivity contribution in [3.63, 3.8) is 0 Å². The van der Waals surface area contributed by atoms with Gasteiger partial charge in [-0.15, -0.1) is 0 Å². The minimum absolute atomic E-state index is 0.0680. The second kappa shape index (κ2) is 9.86. The number of nitrogens with zero attached hydrogens (tertiary/aromatic N) is 1. The van der Waals surface area contributed by atoms with E-state index in [4.69, 9.17) is 23.8 Å². The number of likely N-dealkylation sites (N-methyl/N-ethyl adjacent to an activating group) is 1. The summed E-state index contributed by atoms with van der Waals surface area (Å²) in [6, 6.07) is 13.2. The second-order valence-electron chi connectivity index (χ2n) is 6.11. The van der Waals surface area contributed by atoms with E-state index in [1.807, 2.05) is 0 Å². The Balaban J connectivity index is 2.04. The summed E-state index contributed by atoms with van der Waals surface area (Å²) >= 11 is 11.2. The first-order valence-corrected chi connectivity index (χ1v) is 9.53. The standard InChI is InChI=1S/C20H25ClFN3S/c1-4-25(5-2)19(15-8-6-14(3)7-9-15)13-23-20(26)24-16-10-11-18(22)17(21)12-16/h6-12,19H,4-5,13H2,1-3H3,(H2,23,24,26). The summed E-state index contributed by atoms with van der Waals surface area (Å²) in [6.07, 6.45) is 0. The molecule has 0 aliphatic carbocycles. The topological polar surface area (TPSA) is 27.3 Å². The Bertz CT molecular complexity index is 732. The lowest BCUT2D eigenvalue weighted by atomic mass is 10.0. The van der Waals surface area contributed by atoms with Gasteiger partial charge in [0.05, 0.1) is 11.1 Å². The molecular formula is C20H25ClFN3S. The van der Waals surface area contributed by atoms with Crippen molar-refractivity contribution in [1.29, 1.82) is 0 Å². The molecule has 0 radical (unpaired) electrons. The molecule has 26 heavy (non-hydrogen) atoms. The largest absolute Gasteiger partial charge is 0.361 e. The van der Waals surface area contributed by atoms with E-state index in [1.54, 1.807) is 6.07 Å². The number of rotatable bonds is 7. The average molecular weight is 394 g/mol. The molecule has 3 nitrogen and oxygen atoms in total. The van der Waals surface area contributed by atoms with Gasteiger partial charge in [-0.25, -0.2) is 4.39 Å². The highest BCUT2D eigenvalue weighted by molar-refractivity contribution is 7.80. The van der Waals surface area contributed by atoms with Crippen LogP contribution in [0.3, 0.4) is 0 Å². The van der Waals surface area contributed by atoms with Crippen molar-refractivity contribution in [2.45, 2.75) is 26.8 Å². The number of benzene rings is 2. The molecule has 2 aromatic carbocycles. The molecule has 140 valence electrons. The molecule has 0 spiro atoms. The van der Waals surface area contributed by atoms with Gasteiger partial charge < -0.3 is 10.6 Å². The van der Waals surface area contributed by atoms with E-state index in [2.05, 4.69) is 60.6 Å². The van der Waals surface area contributed by atoms with Gasteiger partial charge in [-0.1, -0.05) is 55.3 Å². The van der Waals surface area contributed by atoms with Crippen molar-refractivity contribution >= 4 is 34.6 Å². The van der Waals surface area contributed by atoms with E-state index in [0.717, 1.165) is 13.1 Å². The average Bonchev–Trinajstić information content (AvgIpc) is 2.63. The molecule has 0 aromatic heterocycles. The van der Waals surface area contributed by atoms with Crippen LogP contribution in [0.5, 0.6) is 0 Å². The van der Waals surface area contributed by atoms with Crippen LogP contribution >= 0.6 is 23.8 Å². The molecule has 0 aliphatic rings. The molecule has 0 bridgehead atoms. The van der Waals surface area contributed by atoms with Gasteiger partial charge in [0, 0.05) is 12.2 Å². The van der Waals surface area contributed by atoms with Gasteiger partial charge in [0.25, 0.3) is 0 Å². The number of hydrogen-bond donors (Lipinski definition) is 2. The lowest BCUT2D eigenvalue weighted by Gasteiger charge is -2.30. The smallest absolute Gasteiger partial charge is 0.170 e. The van der Waals surface area contributed by atoms with E-state index < -0.39 is 5.82 Å². The summed E-state index contributed by atoms with van der Waals surface area (Å²) in [4.78, 5) is 2.38. The Hall–Kier alpha value is -1.69. The van der Waals surface area contributed by atoms with E-state index in [0.29, 0.717) is 17.3 Å². The SMILES string of the molecule is CCN(CC)C(CNC(=S)Nc1ccc(F)c(Cl)c1)c1ccc(C)cc1. The maximum absolute atomic E-state index is 13.3. The van der Waals surface area contributed by atoms with Crippen LogP contribution in [0.2, 0.25) is 5.02 Å². The lowest BCUT2D eigenvalue weighted by Crippen LogP contribution is -2.39. The fraction of sp³-hybridized carbons (Fsp3) is 0.350. The molecule has 2 rings (SSSR count). The first-order valence-electron chi connectivity index (χ1n) is 8.75. The zero-order valence-electron chi connectivity index (χ0n) is 15.4. The van der Waals surface area contributed by atoms with Crippen molar-refractivity contribution in [2.75, 3.05) is 25.0 Å². The fourth-order valence-electron chi connectivity index (χ4n) is 2.85. The Morgan fingerprint density at radius 3 is 2.38 bits per heavy atom. The predicted molar refractivity (Wildman–Crippen MR) is 112 cm³/mol. The minimum atomic E-state index is -0.447. The molecule has 2 N–H and O–H groups in total. The number of hydrogen-bond acceptors (Lipinski definition) is 2. The number of aryl methyl sites for hydroxylation is 1. The van der Waals surface area contributed by atoms with Gasteiger partial charge in [0.2, 0.25) is 0 Å². The fourth-order valence-corrected chi connectivity index (χ4v) is 3.23. The van der Waals surface area contributed by atoms with Crippen LogP contribution in [0.25, 0.3) is 0 Å². The van der Waals surface area contributed by atoms with Crippen LogP contribution in [0, 0.1) is 12.7 Å². The monoisotopic (exact) mass is 393 g/mol. The molecule has 6 heteroatoms. The summed E-state index contributed by atoms with van der Waals surface area (Å²) in [5.74, 6) is -0.447. The van der Waals surface area contributed by atoms with Crippen molar-refractivity contribution < 1.29 is 4.39 Å². The van der Waals surface area contributed by atoms with Crippen LogP contribution in [0.4, 0.5) is 10.1 Å². The van der Waals surface area contributed by atoms with Gasteiger partial charge in [-0.2, -0.15) is 0 Å². The summed E-state index contributed by atoms with van der Waals surface area (Å²) in [6.45, 7) is 8.96. The first-order chi connectivity index (χ1) is 12.4. The Labute approximate surface area is 165 Å². The highest BCUT2D eigenvalue weighted by Gasteiger charge is 2.18. The third-order valence-electron chi connectivity index (χ3n) is 4.35. The number of thiocarbonyl (C=S) groups is 1. The number of nitrogens with one attached hydrogen (secondary N) is 2. The maximum atomic E-state index is 13.3. The Morgan fingerprint density at radius 1 is 1.15 bits per heavy atom. The van der Waals surface area contributed by atoms with Gasteiger partial charge in [0.1, 0.15) is 5.82 Å². The van der Waals surface area contributed by atoms with E-state index in [-0.39, 0.29) is 11.1 Å². The van der Waals surface area contributed by atoms with Crippen LogP contribution in [-0.2, 0) is 0 Å². The molecule has 0 fully saturated rings. The normalized spacial score (nSPS) is 12.1. The van der Waals surface area contributed by atoms with Crippen LogP contribution in [0.15, 0.2) is 42.5 Å². The molecular weight excluding hydrogens is 369 g/mol. The Kier molecular flexibility index (Phi) is 7.82.